The molecule has 0 spiro atoms. The summed E-state index contributed by atoms with van der Waals surface area (Å²) < 4.78 is 36.5. The highest BCUT2D eigenvalue weighted by Crippen LogP contribution is 2.22. The van der Waals surface area contributed by atoms with E-state index in [0.29, 0.717) is 12.0 Å². The van der Waals surface area contributed by atoms with E-state index in [4.69, 9.17) is 0 Å². The number of alkyl halides is 3. The quantitative estimate of drug-likeness (QED) is 0.360. The summed E-state index contributed by atoms with van der Waals surface area (Å²) in [6.07, 6.45) is -1.19. The molecule has 1 rings (SSSR count). The van der Waals surface area contributed by atoms with Crippen LogP contribution in [0, 0.1) is 11.8 Å². The highest BCUT2D eigenvalue weighted by Gasteiger charge is 2.28. The Kier molecular flexibility index (Phi) is 6.10. The molecule has 0 heterocycles. The molecule has 0 saturated heterocycles. The molecule has 0 N–H and O–H groups in total. The third-order valence-electron chi connectivity index (χ3n) is 2.50. The van der Waals surface area contributed by atoms with E-state index in [1.807, 2.05) is 0 Å². The predicted octanol–water partition coefficient (Wildman–Crippen LogP) is 3.57. The van der Waals surface area contributed by atoms with Crippen molar-refractivity contribution >= 4 is 11.6 Å². The second-order valence-electron chi connectivity index (χ2n) is 4.19. The second-order valence-corrected chi connectivity index (χ2v) is 4.19. The van der Waals surface area contributed by atoms with Gasteiger partial charge in [-0.2, -0.15) is 13.2 Å². The molecule has 0 amide bonds. The van der Waals surface area contributed by atoms with Crippen molar-refractivity contribution in [3.8, 4) is 11.8 Å². The van der Waals surface area contributed by atoms with Crippen molar-refractivity contribution in [1.82, 2.24) is 0 Å². The molecule has 1 aromatic carbocycles. The standard InChI is InChI=1S/C15H16F3NO/c1-2-3-4-5-6-9-12-10-7-8-11-13(12)19-14(20)15(16,17)18/h7-8,10-11H,2-5H2,1H3,(H,19,20)/p-1. The van der Waals surface area contributed by atoms with Gasteiger partial charge in [-0.3, -0.25) is 4.99 Å². The molecule has 5 heteroatoms. The van der Waals surface area contributed by atoms with E-state index in [1.54, 1.807) is 12.1 Å². The maximum atomic E-state index is 12.2. The van der Waals surface area contributed by atoms with Gasteiger partial charge in [0.1, 0.15) is 0 Å². The summed E-state index contributed by atoms with van der Waals surface area (Å²) in [6, 6.07) is 6.06. The minimum absolute atomic E-state index is 0.0437. The van der Waals surface area contributed by atoms with Crippen LogP contribution in [-0.4, -0.2) is 12.1 Å². The van der Waals surface area contributed by atoms with E-state index in [9.17, 15) is 18.3 Å². The molecule has 108 valence electrons. The van der Waals surface area contributed by atoms with Gasteiger partial charge in [-0.1, -0.05) is 43.7 Å². The third kappa shape index (κ3) is 5.35. The first-order chi connectivity index (χ1) is 9.45. The van der Waals surface area contributed by atoms with Crippen LogP contribution in [0.3, 0.4) is 0 Å². The zero-order chi connectivity index (χ0) is 15.0. The Balaban J connectivity index is 2.89. The van der Waals surface area contributed by atoms with E-state index >= 15 is 0 Å². The molecular formula is C15H15F3NO-. The normalized spacial score (nSPS) is 11.9. The smallest absolute Gasteiger partial charge is 0.419 e. The summed E-state index contributed by atoms with van der Waals surface area (Å²) in [6.45, 7) is 2.07. The highest BCUT2D eigenvalue weighted by molar-refractivity contribution is 5.81. The van der Waals surface area contributed by atoms with Crippen LogP contribution in [0.1, 0.15) is 38.2 Å². The molecule has 1 aromatic rings. The molecule has 0 aliphatic heterocycles. The van der Waals surface area contributed by atoms with Crippen LogP contribution in [0.15, 0.2) is 29.3 Å². The van der Waals surface area contributed by atoms with Crippen molar-refractivity contribution in [1.29, 1.82) is 0 Å². The number of hydrogen-bond donors (Lipinski definition) is 0. The summed E-state index contributed by atoms with van der Waals surface area (Å²) >= 11 is 0. The van der Waals surface area contributed by atoms with Gasteiger partial charge in [-0.05, 0) is 18.6 Å². The molecule has 20 heavy (non-hydrogen) atoms. The Morgan fingerprint density at radius 1 is 1.25 bits per heavy atom. The van der Waals surface area contributed by atoms with Crippen molar-refractivity contribution in [2.24, 2.45) is 4.99 Å². The van der Waals surface area contributed by atoms with Gasteiger partial charge in [0, 0.05) is 6.42 Å². The van der Waals surface area contributed by atoms with Crippen LogP contribution in [0.4, 0.5) is 18.9 Å². The molecule has 0 aliphatic carbocycles. The Labute approximate surface area is 116 Å². The minimum atomic E-state index is -4.96. The summed E-state index contributed by atoms with van der Waals surface area (Å²) in [5.74, 6) is 3.54. The fourth-order valence-corrected chi connectivity index (χ4v) is 1.47. The maximum absolute atomic E-state index is 12.2. The van der Waals surface area contributed by atoms with Gasteiger partial charge in [0.2, 0.25) is 0 Å². The monoisotopic (exact) mass is 282 g/mol. The first-order valence-corrected chi connectivity index (χ1v) is 6.36. The lowest BCUT2D eigenvalue weighted by atomic mass is 10.1. The lowest BCUT2D eigenvalue weighted by Gasteiger charge is -2.14. The van der Waals surface area contributed by atoms with Gasteiger partial charge in [0.15, 0.2) is 0 Å². The number of rotatable bonds is 4. The van der Waals surface area contributed by atoms with Crippen LogP contribution >= 0.6 is 0 Å². The van der Waals surface area contributed by atoms with Gasteiger partial charge in [-0.15, -0.1) is 0 Å². The Morgan fingerprint density at radius 3 is 2.60 bits per heavy atom. The minimum Gasteiger partial charge on any atom is -0.855 e. The number of halogens is 3. The molecule has 0 atom stereocenters. The molecule has 2 nitrogen and oxygen atoms in total. The van der Waals surface area contributed by atoms with Crippen LogP contribution in [0.5, 0.6) is 0 Å². The van der Waals surface area contributed by atoms with Gasteiger partial charge < -0.3 is 5.11 Å². The average Bonchev–Trinajstić information content (AvgIpc) is 2.39. The molecular weight excluding hydrogens is 267 g/mol. The molecule has 0 radical (unpaired) electrons. The number of aliphatic imine (C=N–C) groups is 1. The Morgan fingerprint density at radius 2 is 1.95 bits per heavy atom. The molecule has 0 aliphatic rings. The van der Waals surface area contributed by atoms with E-state index in [0.717, 1.165) is 19.3 Å². The number of benzene rings is 1. The van der Waals surface area contributed by atoms with Crippen LogP contribution in [-0.2, 0) is 0 Å². The van der Waals surface area contributed by atoms with Crippen molar-refractivity contribution in [2.75, 3.05) is 0 Å². The van der Waals surface area contributed by atoms with Crippen LogP contribution < -0.4 is 5.11 Å². The summed E-state index contributed by atoms with van der Waals surface area (Å²) in [4.78, 5) is 3.08. The largest absolute Gasteiger partial charge is 0.855 e. The van der Waals surface area contributed by atoms with E-state index in [1.165, 1.54) is 12.1 Å². The molecule has 0 bridgehead atoms. The number of nitrogens with zero attached hydrogens (tertiary/aromatic N) is 1. The van der Waals surface area contributed by atoms with E-state index in [-0.39, 0.29) is 5.69 Å². The van der Waals surface area contributed by atoms with Gasteiger partial charge in [0.25, 0.3) is 0 Å². The second kappa shape index (κ2) is 7.59. The summed E-state index contributed by atoms with van der Waals surface area (Å²) in [5.41, 5.74) is 0.291. The van der Waals surface area contributed by atoms with E-state index < -0.39 is 12.1 Å². The van der Waals surface area contributed by atoms with Gasteiger partial charge >= 0.3 is 6.18 Å². The average molecular weight is 282 g/mol. The Hall–Kier alpha value is -1.96. The molecule has 0 aromatic heterocycles. The zero-order valence-corrected chi connectivity index (χ0v) is 11.1. The summed E-state index contributed by atoms with van der Waals surface area (Å²) in [5, 5.41) is 10.9. The van der Waals surface area contributed by atoms with Crippen molar-refractivity contribution in [3.05, 3.63) is 29.8 Å². The Bertz CT molecular complexity index is 524. The fraction of sp³-hybridized carbons (Fsp3) is 0.400. The predicted molar refractivity (Wildman–Crippen MR) is 70.6 cm³/mol. The number of hydrogen-bond acceptors (Lipinski definition) is 2. The lowest BCUT2D eigenvalue weighted by molar-refractivity contribution is -0.262. The van der Waals surface area contributed by atoms with Crippen molar-refractivity contribution in [2.45, 2.75) is 38.8 Å². The van der Waals surface area contributed by atoms with Gasteiger partial charge in [0.05, 0.1) is 17.1 Å². The molecule has 0 fully saturated rings. The van der Waals surface area contributed by atoms with Crippen LogP contribution in [0.2, 0.25) is 0 Å². The van der Waals surface area contributed by atoms with Crippen molar-refractivity contribution < 1.29 is 18.3 Å². The number of para-hydroxylation sites is 1. The van der Waals surface area contributed by atoms with Crippen LogP contribution in [0.25, 0.3) is 0 Å². The van der Waals surface area contributed by atoms with E-state index in [2.05, 4.69) is 23.8 Å². The highest BCUT2D eigenvalue weighted by atomic mass is 19.4. The SMILES string of the molecule is CCCCCC#Cc1ccccc1N=C([O-])C(F)(F)F. The summed E-state index contributed by atoms with van der Waals surface area (Å²) in [7, 11) is 0. The third-order valence-corrected chi connectivity index (χ3v) is 2.50. The zero-order valence-electron chi connectivity index (χ0n) is 11.1. The number of unbranched alkanes of at least 4 members (excludes halogenated alkanes) is 3. The molecule has 0 unspecified atom stereocenters. The first-order valence-electron chi connectivity index (χ1n) is 6.36. The maximum Gasteiger partial charge on any atom is 0.419 e. The fourth-order valence-electron chi connectivity index (χ4n) is 1.47. The van der Waals surface area contributed by atoms with Crippen molar-refractivity contribution in [3.63, 3.8) is 0 Å². The molecule has 0 saturated carbocycles. The topological polar surface area (TPSA) is 35.4 Å². The first kappa shape index (κ1) is 16.1. The van der Waals surface area contributed by atoms with Gasteiger partial charge in [-0.25, -0.2) is 0 Å². The lowest BCUT2D eigenvalue weighted by Crippen LogP contribution is -2.34.